The van der Waals surface area contributed by atoms with Crippen molar-refractivity contribution in [3.63, 3.8) is 0 Å². The monoisotopic (exact) mass is 298 g/mol. The van der Waals surface area contributed by atoms with E-state index in [9.17, 15) is 8.42 Å². The van der Waals surface area contributed by atoms with Crippen LogP contribution in [0.1, 0.15) is 24.8 Å². The minimum Gasteiger partial charge on any atom is -0.497 e. The van der Waals surface area contributed by atoms with E-state index in [-0.39, 0.29) is 12.0 Å². The lowest BCUT2D eigenvalue weighted by molar-refractivity contribution is 0.414. The fourth-order valence-electron chi connectivity index (χ4n) is 2.79. The predicted octanol–water partition coefficient (Wildman–Crippen LogP) is 1.41. The van der Waals surface area contributed by atoms with Crippen molar-refractivity contribution >= 4 is 10.0 Å². The van der Waals surface area contributed by atoms with E-state index in [4.69, 9.17) is 10.5 Å². The van der Waals surface area contributed by atoms with Crippen molar-refractivity contribution in [1.82, 2.24) is 4.72 Å². The average Bonchev–Trinajstić information content (AvgIpc) is 2.84. The normalized spacial score (nSPS) is 22.9. The van der Waals surface area contributed by atoms with Gasteiger partial charge in [0.25, 0.3) is 0 Å². The van der Waals surface area contributed by atoms with Crippen LogP contribution in [0.2, 0.25) is 0 Å². The second-order valence-corrected chi connectivity index (χ2v) is 6.97. The summed E-state index contributed by atoms with van der Waals surface area (Å²) in [5.74, 6) is 0.894. The first kappa shape index (κ1) is 15.3. The molecule has 0 heterocycles. The van der Waals surface area contributed by atoms with E-state index in [2.05, 4.69) is 4.72 Å². The van der Waals surface area contributed by atoms with Gasteiger partial charge >= 0.3 is 0 Å². The number of nitrogens with one attached hydrogen (secondary N) is 1. The molecular weight excluding hydrogens is 276 g/mol. The standard InChI is InChI=1S/C14H22N2O3S/c1-10-8-12(19-2)6-7-14(10)20(17,18)16-13-5-3-4-11(13)9-15/h6-8,11,13,16H,3-5,9,15H2,1-2H3/t11-,13+/m1/s1. The molecule has 2 rings (SSSR count). The van der Waals surface area contributed by atoms with Crippen molar-refractivity contribution in [2.75, 3.05) is 13.7 Å². The van der Waals surface area contributed by atoms with Gasteiger partial charge in [-0.1, -0.05) is 6.42 Å². The summed E-state index contributed by atoms with van der Waals surface area (Å²) < 4.78 is 32.9. The summed E-state index contributed by atoms with van der Waals surface area (Å²) in [7, 11) is -1.94. The van der Waals surface area contributed by atoms with Crippen molar-refractivity contribution in [3.8, 4) is 5.75 Å². The fourth-order valence-corrected chi connectivity index (χ4v) is 4.35. The first-order valence-electron chi connectivity index (χ1n) is 6.85. The van der Waals surface area contributed by atoms with Crippen molar-refractivity contribution < 1.29 is 13.2 Å². The van der Waals surface area contributed by atoms with Crippen LogP contribution in [0.15, 0.2) is 23.1 Å². The molecule has 0 spiro atoms. The Morgan fingerprint density at radius 3 is 2.75 bits per heavy atom. The number of sulfonamides is 1. The van der Waals surface area contributed by atoms with Crippen LogP contribution in [0, 0.1) is 12.8 Å². The lowest BCUT2D eigenvalue weighted by Crippen LogP contribution is -2.40. The van der Waals surface area contributed by atoms with Crippen molar-refractivity contribution in [2.24, 2.45) is 11.7 Å². The Morgan fingerprint density at radius 2 is 2.15 bits per heavy atom. The molecule has 0 radical (unpaired) electrons. The third-order valence-electron chi connectivity index (χ3n) is 3.94. The summed E-state index contributed by atoms with van der Waals surface area (Å²) in [6.07, 6.45) is 2.87. The Balaban J connectivity index is 2.22. The molecule has 0 bridgehead atoms. The van der Waals surface area contributed by atoms with Crippen molar-refractivity contribution in [3.05, 3.63) is 23.8 Å². The number of aryl methyl sites for hydroxylation is 1. The van der Waals surface area contributed by atoms with Crippen LogP contribution in [-0.2, 0) is 10.0 Å². The van der Waals surface area contributed by atoms with E-state index in [1.165, 1.54) is 0 Å². The zero-order valence-electron chi connectivity index (χ0n) is 11.9. The highest BCUT2D eigenvalue weighted by atomic mass is 32.2. The quantitative estimate of drug-likeness (QED) is 0.861. The average molecular weight is 298 g/mol. The molecule has 1 aromatic rings. The van der Waals surface area contributed by atoms with Crippen LogP contribution in [0.3, 0.4) is 0 Å². The summed E-state index contributed by atoms with van der Waals surface area (Å²) in [6, 6.07) is 4.93. The molecule has 1 aliphatic carbocycles. The first-order chi connectivity index (χ1) is 9.47. The Kier molecular flexibility index (Phi) is 4.67. The number of hydrogen-bond acceptors (Lipinski definition) is 4. The van der Waals surface area contributed by atoms with Gasteiger partial charge in [0.15, 0.2) is 0 Å². The second-order valence-electron chi connectivity index (χ2n) is 5.29. The second kappa shape index (κ2) is 6.11. The van der Waals surface area contributed by atoms with Gasteiger partial charge in [0.05, 0.1) is 12.0 Å². The van der Waals surface area contributed by atoms with Crippen molar-refractivity contribution in [2.45, 2.75) is 37.1 Å². The van der Waals surface area contributed by atoms with E-state index >= 15 is 0 Å². The Morgan fingerprint density at radius 1 is 1.40 bits per heavy atom. The highest BCUT2D eigenvalue weighted by molar-refractivity contribution is 7.89. The maximum Gasteiger partial charge on any atom is 0.241 e. The predicted molar refractivity (Wildman–Crippen MR) is 78.2 cm³/mol. The van der Waals surface area contributed by atoms with Gasteiger partial charge < -0.3 is 10.5 Å². The van der Waals surface area contributed by atoms with Crippen molar-refractivity contribution in [1.29, 1.82) is 0 Å². The summed E-state index contributed by atoms with van der Waals surface area (Å²) in [4.78, 5) is 0.306. The lowest BCUT2D eigenvalue weighted by atomic mass is 10.1. The van der Waals surface area contributed by atoms with Gasteiger partial charge in [0.1, 0.15) is 5.75 Å². The van der Waals surface area contributed by atoms with E-state index in [0.29, 0.717) is 22.8 Å². The molecule has 0 unspecified atom stereocenters. The van der Waals surface area contributed by atoms with Gasteiger partial charge in [-0.3, -0.25) is 0 Å². The molecule has 112 valence electrons. The van der Waals surface area contributed by atoms with E-state index in [1.54, 1.807) is 32.2 Å². The topological polar surface area (TPSA) is 81.4 Å². The highest BCUT2D eigenvalue weighted by Crippen LogP contribution is 2.27. The van der Waals surface area contributed by atoms with Crippen LogP contribution in [-0.4, -0.2) is 28.1 Å². The third-order valence-corrected chi connectivity index (χ3v) is 5.59. The Bertz CT molecular complexity index is 572. The molecule has 1 saturated carbocycles. The number of ether oxygens (including phenoxy) is 1. The van der Waals surface area contributed by atoms with E-state index < -0.39 is 10.0 Å². The molecule has 2 atom stereocenters. The van der Waals surface area contributed by atoms with Gasteiger partial charge in [-0.15, -0.1) is 0 Å². The molecular formula is C14H22N2O3S. The molecule has 6 heteroatoms. The number of nitrogens with two attached hydrogens (primary N) is 1. The Labute approximate surface area is 120 Å². The van der Waals surface area contributed by atoms with Gasteiger partial charge in [0, 0.05) is 6.04 Å². The highest BCUT2D eigenvalue weighted by Gasteiger charge is 2.30. The number of hydrogen-bond donors (Lipinski definition) is 2. The molecule has 1 aliphatic rings. The van der Waals surface area contributed by atoms with E-state index in [1.807, 2.05) is 0 Å². The molecule has 1 fully saturated rings. The maximum atomic E-state index is 12.5. The smallest absolute Gasteiger partial charge is 0.241 e. The molecule has 3 N–H and O–H groups in total. The molecule has 5 nitrogen and oxygen atoms in total. The lowest BCUT2D eigenvalue weighted by Gasteiger charge is -2.20. The van der Waals surface area contributed by atoms with Crippen LogP contribution >= 0.6 is 0 Å². The number of rotatable bonds is 5. The van der Waals surface area contributed by atoms with Crippen LogP contribution in [0.4, 0.5) is 0 Å². The van der Waals surface area contributed by atoms with Gasteiger partial charge in [-0.05, 0) is 56.0 Å². The molecule has 0 aliphatic heterocycles. The summed E-state index contributed by atoms with van der Waals surface area (Å²) in [6.45, 7) is 2.29. The van der Waals surface area contributed by atoms with E-state index in [0.717, 1.165) is 19.3 Å². The molecule has 0 saturated heterocycles. The van der Waals surface area contributed by atoms with Gasteiger partial charge in [-0.25, -0.2) is 13.1 Å². The van der Waals surface area contributed by atoms with Crippen LogP contribution < -0.4 is 15.2 Å². The number of methoxy groups -OCH3 is 1. The summed E-state index contributed by atoms with van der Waals surface area (Å²) in [5.41, 5.74) is 6.38. The summed E-state index contributed by atoms with van der Waals surface area (Å²) >= 11 is 0. The molecule has 0 aromatic heterocycles. The van der Waals surface area contributed by atoms with Gasteiger partial charge in [-0.2, -0.15) is 0 Å². The molecule has 1 aromatic carbocycles. The largest absolute Gasteiger partial charge is 0.497 e. The maximum absolute atomic E-state index is 12.5. The third kappa shape index (κ3) is 3.13. The number of benzene rings is 1. The van der Waals surface area contributed by atoms with Gasteiger partial charge in [0.2, 0.25) is 10.0 Å². The first-order valence-corrected chi connectivity index (χ1v) is 8.33. The molecule has 20 heavy (non-hydrogen) atoms. The van der Waals surface area contributed by atoms with Crippen LogP contribution in [0.25, 0.3) is 0 Å². The summed E-state index contributed by atoms with van der Waals surface area (Å²) in [5, 5.41) is 0. The zero-order chi connectivity index (χ0) is 14.8. The minimum atomic E-state index is -3.50. The molecule has 0 amide bonds. The zero-order valence-corrected chi connectivity index (χ0v) is 12.7. The SMILES string of the molecule is COc1ccc(S(=O)(=O)N[C@H]2CCC[C@@H]2CN)c(C)c1. The minimum absolute atomic E-state index is 0.0495. The fraction of sp³-hybridized carbons (Fsp3) is 0.571. The Hall–Kier alpha value is -1.11. The van der Waals surface area contributed by atoms with Crippen LogP contribution in [0.5, 0.6) is 5.75 Å².